The van der Waals surface area contributed by atoms with Gasteiger partial charge in [-0.05, 0) is 17.9 Å². The summed E-state index contributed by atoms with van der Waals surface area (Å²) in [6.45, 7) is 0.236. The Kier molecular flexibility index (Phi) is 4.15. The molecule has 15 heavy (non-hydrogen) atoms. The summed E-state index contributed by atoms with van der Waals surface area (Å²) in [4.78, 5) is 0.990. The van der Waals surface area contributed by atoms with Crippen molar-refractivity contribution in [2.45, 2.75) is 16.3 Å². The molecule has 0 heterocycles. The van der Waals surface area contributed by atoms with Crippen LogP contribution >= 0.6 is 11.8 Å². The van der Waals surface area contributed by atoms with E-state index in [1.807, 2.05) is 11.7 Å². The standard InChI is InChI=1S/C9H13NO3S2/c1-14-9-7(6-10-11)4-3-5-8(9)15(2,12)13/h3-5,10-11H,6H2,1-2H3. The smallest absolute Gasteiger partial charge is 0.176 e. The van der Waals surface area contributed by atoms with Gasteiger partial charge in [0.25, 0.3) is 0 Å². The Morgan fingerprint density at radius 1 is 1.47 bits per heavy atom. The summed E-state index contributed by atoms with van der Waals surface area (Å²) in [6.07, 6.45) is 2.99. The Balaban J connectivity index is 3.35. The molecule has 0 radical (unpaired) electrons. The SMILES string of the molecule is CSc1c(CNO)cccc1S(C)(=O)=O. The summed E-state index contributed by atoms with van der Waals surface area (Å²) >= 11 is 1.36. The van der Waals surface area contributed by atoms with Crippen LogP contribution in [0.4, 0.5) is 0 Å². The highest BCUT2D eigenvalue weighted by Crippen LogP contribution is 2.28. The Hall–Kier alpha value is -0.560. The highest BCUT2D eigenvalue weighted by molar-refractivity contribution is 7.99. The average molecular weight is 247 g/mol. The number of benzene rings is 1. The molecule has 0 saturated heterocycles. The van der Waals surface area contributed by atoms with E-state index in [9.17, 15) is 8.42 Å². The van der Waals surface area contributed by atoms with Crippen molar-refractivity contribution in [2.24, 2.45) is 0 Å². The first-order valence-corrected chi connectivity index (χ1v) is 7.35. The largest absolute Gasteiger partial charge is 0.316 e. The number of sulfone groups is 1. The van der Waals surface area contributed by atoms with Gasteiger partial charge in [0.05, 0.1) is 4.90 Å². The van der Waals surface area contributed by atoms with Gasteiger partial charge in [-0.25, -0.2) is 13.9 Å². The van der Waals surface area contributed by atoms with E-state index in [2.05, 4.69) is 0 Å². The maximum absolute atomic E-state index is 11.5. The lowest BCUT2D eigenvalue weighted by atomic mass is 10.2. The summed E-state index contributed by atoms with van der Waals surface area (Å²) in [5, 5.41) is 8.62. The predicted octanol–water partition coefficient (Wildman–Crippen LogP) is 1.29. The topological polar surface area (TPSA) is 66.4 Å². The summed E-state index contributed by atoms with van der Waals surface area (Å²) < 4.78 is 22.9. The second-order valence-corrected chi connectivity index (χ2v) is 5.86. The lowest BCUT2D eigenvalue weighted by molar-refractivity contribution is 0.160. The van der Waals surface area contributed by atoms with Crippen molar-refractivity contribution < 1.29 is 13.6 Å². The fourth-order valence-electron chi connectivity index (χ4n) is 1.31. The number of hydroxylamine groups is 1. The molecular formula is C9H13NO3S2. The van der Waals surface area contributed by atoms with E-state index in [1.165, 1.54) is 18.0 Å². The van der Waals surface area contributed by atoms with Crippen molar-refractivity contribution in [3.05, 3.63) is 23.8 Å². The van der Waals surface area contributed by atoms with Gasteiger partial charge in [-0.2, -0.15) is 0 Å². The summed E-state index contributed by atoms with van der Waals surface area (Å²) in [7, 11) is -3.22. The molecule has 0 unspecified atom stereocenters. The third kappa shape index (κ3) is 2.94. The van der Waals surface area contributed by atoms with E-state index in [-0.39, 0.29) is 6.54 Å². The molecule has 6 heteroatoms. The molecular weight excluding hydrogens is 234 g/mol. The van der Waals surface area contributed by atoms with E-state index in [0.29, 0.717) is 9.79 Å². The van der Waals surface area contributed by atoms with Crippen LogP contribution in [0.1, 0.15) is 5.56 Å². The Bertz CT molecular complexity index is 443. The fourth-order valence-corrected chi connectivity index (χ4v) is 3.48. The minimum absolute atomic E-state index is 0.236. The zero-order valence-corrected chi connectivity index (χ0v) is 10.2. The van der Waals surface area contributed by atoms with Crippen molar-refractivity contribution in [1.82, 2.24) is 5.48 Å². The predicted molar refractivity (Wildman–Crippen MR) is 60.0 cm³/mol. The zero-order chi connectivity index (χ0) is 11.5. The van der Waals surface area contributed by atoms with Gasteiger partial charge in [0.15, 0.2) is 9.84 Å². The van der Waals surface area contributed by atoms with Gasteiger partial charge in [-0.1, -0.05) is 12.1 Å². The van der Waals surface area contributed by atoms with Crippen molar-refractivity contribution in [2.75, 3.05) is 12.5 Å². The molecule has 0 aliphatic rings. The molecule has 0 spiro atoms. The maximum Gasteiger partial charge on any atom is 0.176 e. The molecule has 0 fully saturated rings. The molecule has 4 nitrogen and oxygen atoms in total. The van der Waals surface area contributed by atoms with Gasteiger partial charge < -0.3 is 5.21 Å². The lowest BCUT2D eigenvalue weighted by Gasteiger charge is -2.10. The van der Waals surface area contributed by atoms with Gasteiger partial charge in [-0.3, -0.25) is 0 Å². The lowest BCUT2D eigenvalue weighted by Crippen LogP contribution is -2.09. The first-order valence-electron chi connectivity index (χ1n) is 4.23. The summed E-state index contributed by atoms with van der Waals surface area (Å²) in [5.74, 6) is 0. The number of thioether (sulfide) groups is 1. The molecule has 0 atom stereocenters. The van der Waals surface area contributed by atoms with Crippen LogP contribution in [0.3, 0.4) is 0 Å². The van der Waals surface area contributed by atoms with E-state index in [1.54, 1.807) is 18.2 Å². The molecule has 1 aromatic carbocycles. The molecule has 0 amide bonds. The van der Waals surface area contributed by atoms with Crippen LogP contribution in [-0.2, 0) is 16.4 Å². The van der Waals surface area contributed by atoms with Crippen LogP contribution in [0.2, 0.25) is 0 Å². The van der Waals surface area contributed by atoms with Crippen molar-refractivity contribution >= 4 is 21.6 Å². The van der Waals surface area contributed by atoms with Crippen LogP contribution in [0.15, 0.2) is 28.0 Å². The van der Waals surface area contributed by atoms with Crippen molar-refractivity contribution in [3.8, 4) is 0 Å². The molecule has 0 bridgehead atoms. The molecule has 1 aromatic rings. The molecule has 0 aromatic heterocycles. The number of rotatable bonds is 4. The van der Waals surface area contributed by atoms with E-state index >= 15 is 0 Å². The normalized spacial score (nSPS) is 11.7. The number of nitrogens with one attached hydrogen (secondary N) is 1. The number of hydrogen-bond acceptors (Lipinski definition) is 5. The zero-order valence-electron chi connectivity index (χ0n) is 8.52. The maximum atomic E-state index is 11.5. The molecule has 2 N–H and O–H groups in total. The van der Waals surface area contributed by atoms with Gasteiger partial charge in [-0.15, -0.1) is 11.8 Å². The van der Waals surface area contributed by atoms with E-state index in [4.69, 9.17) is 5.21 Å². The molecule has 1 rings (SSSR count). The highest BCUT2D eigenvalue weighted by Gasteiger charge is 2.15. The second kappa shape index (κ2) is 4.98. The van der Waals surface area contributed by atoms with E-state index < -0.39 is 9.84 Å². The Morgan fingerprint density at radius 2 is 2.13 bits per heavy atom. The summed E-state index contributed by atoms with van der Waals surface area (Å²) in [5.41, 5.74) is 2.80. The van der Waals surface area contributed by atoms with Crippen LogP contribution < -0.4 is 5.48 Å². The fraction of sp³-hybridized carbons (Fsp3) is 0.333. The third-order valence-electron chi connectivity index (χ3n) is 1.93. The van der Waals surface area contributed by atoms with Gasteiger partial charge in [0.2, 0.25) is 0 Å². The van der Waals surface area contributed by atoms with Gasteiger partial charge in [0.1, 0.15) is 0 Å². The first kappa shape index (κ1) is 12.5. The van der Waals surface area contributed by atoms with Crippen LogP contribution in [0.25, 0.3) is 0 Å². The molecule has 0 aliphatic carbocycles. The van der Waals surface area contributed by atoms with E-state index in [0.717, 1.165) is 5.56 Å². The Labute approximate surface area is 93.6 Å². The first-order chi connectivity index (χ1) is 7.00. The average Bonchev–Trinajstić information content (AvgIpc) is 2.16. The summed E-state index contributed by atoms with van der Waals surface area (Å²) in [6, 6.07) is 5.02. The monoisotopic (exact) mass is 247 g/mol. The van der Waals surface area contributed by atoms with Gasteiger partial charge in [0, 0.05) is 17.7 Å². The minimum Gasteiger partial charge on any atom is -0.316 e. The van der Waals surface area contributed by atoms with Crippen molar-refractivity contribution in [3.63, 3.8) is 0 Å². The quantitative estimate of drug-likeness (QED) is 0.620. The second-order valence-electron chi connectivity index (χ2n) is 3.06. The molecule has 0 saturated carbocycles. The Morgan fingerprint density at radius 3 is 2.60 bits per heavy atom. The van der Waals surface area contributed by atoms with Gasteiger partial charge >= 0.3 is 0 Å². The minimum atomic E-state index is -3.22. The molecule has 84 valence electrons. The highest BCUT2D eigenvalue weighted by atomic mass is 32.2. The van der Waals surface area contributed by atoms with Crippen LogP contribution in [0, 0.1) is 0 Å². The third-order valence-corrected chi connectivity index (χ3v) is 4.09. The van der Waals surface area contributed by atoms with Crippen LogP contribution in [0.5, 0.6) is 0 Å². The van der Waals surface area contributed by atoms with Crippen LogP contribution in [-0.4, -0.2) is 26.1 Å². The van der Waals surface area contributed by atoms with Crippen molar-refractivity contribution in [1.29, 1.82) is 0 Å². The number of hydrogen-bond donors (Lipinski definition) is 2. The molecule has 0 aliphatic heterocycles.